The zero-order chi connectivity index (χ0) is 13.7. The summed E-state index contributed by atoms with van der Waals surface area (Å²) in [5.41, 5.74) is 5.78. The van der Waals surface area contributed by atoms with Crippen LogP contribution in [0.4, 0.5) is 0 Å². The van der Waals surface area contributed by atoms with Gasteiger partial charge < -0.3 is 15.4 Å². The fraction of sp³-hybridized carbons (Fsp3) is 0.929. The molecule has 1 rings (SSSR count). The van der Waals surface area contributed by atoms with E-state index in [0.29, 0.717) is 12.0 Å². The Hall–Kier alpha value is -0.610. The Kier molecular flexibility index (Phi) is 6.09. The number of piperidine rings is 1. The third-order valence-electron chi connectivity index (χ3n) is 3.60. The summed E-state index contributed by atoms with van der Waals surface area (Å²) in [7, 11) is 0. The summed E-state index contributed by atoms with van der Waals surface area (Å²) in [6.07, 6.45) is 2.22. The quantitative estimate of drug-likeness (QED) is 0.813. The molecule has 4 heteroatoms. The van der Waals surface area contributed by atoms with E-state index < -0.39 is 0 Å². The van der Waals surface area contributed by atoms with Crippen molar-refractivity contribution in [3.05, 3.63) is 0 Å². The maximum Gasteiger partial charge on any atom is 0.226 e. The minimum absolute atomic E-state index is 0.0765. The fourth-order valence-electron chi connectivity index (χ4n) is 2.08. The van der Waals surface area contributed by atoms with Gasteiger partial charge in [-0.05, 0) is 25.7 Å². The van der Waals surface area contributed by atoms with Gasteiger partial charge in [0, 0.05) is 25.7 Å². The third kappa shape index (κ3) is 4.58. The van der Waals surface area contributed by atoms with Crippen LogP contribution in [0.25, 0.3) is 0 Å². The monoisotopic (exact) mass is 256 g/mol. The molecule has 0 aliphatic carbocycles. The predicted octanol–water partition coefficient (Wildman–Crippen LogP) is 1.63. The first kappa shape index (κ1) is 15.4. The number of ether oxygens (including phenoxy) is 1. The highest BCUT2D eigenvalue weighted by molar-refractivity contribution is 5.79. The van der Waals surface area contributed by atoms with Crippen LogP contribution in [-0.2, 0) is 9.53 Å². The van der Waals surface area contributed by atoms with Crippen molar-refractivity contribution in [2.75, 3.05) is 19.7 Å². The minimum Gasteiger partial charge on any atom is -0.378 e. The lowest BCUT2D eigenvalue weighted by atomic mass is 10.00. The molecule has 0 saturated carbocycles. The zero-order valence-corrected chi connectivity index (χ0v) is 12.2. The molecule has 1 fully saturated rings. The second-order valence-corrected chi connectivity index (χ2v) is 5.90. The Balaban J connectivity index is 2.32. The number of carbonyl (C=O) groups excluding carboxylic acids is 1. The summed E-state index contributed by atoms with van der Waals surface area (Å²) in [6, 6.07) is -0.0765. The molecule has 0 aromatic carbocycles. The van der Waals surface area contributed by atoms with Crippen LogP contribution in [0.15, 0.2) is 0 Å². The number of hydrogen-bond donors (Lipinski definition) is 1. The van der Waals surface area contributed by atoms with Gasteiger partial charge in [0.15, 0.2) is 0 Å². The van der Waals surface area contributed by atoms with Gasteiger partial charge in [-0.2, -0.15) is 0 Å². The van der Waals surface area contributed by atoms with Crippen LogP contribution in [0, 0.1) is 11.8 Å². The summed E-state index contributed by atoms with van der Waals surface area (Å²) in [5.74, 6) is 0.674. The van der Waals surface area contributed by atoms with E-state index in [4.69, 9.17) is 10.5 Å². The maximum absolute atomic E-state index is 12.1. The van der Waals surface area contributed by atoms with Crippen LogP contribution < -0.4 is 5.73 Å². The summed E-state index contributed by atoms with van der Waals surface area (Å²) in [5, 5.41) is 0. The number of amides is 1. The summed E-state index contributed by atoms with van der Waals surface area (Å²) in [6.45, 7) is 10.5. The SMILES string of the molecule is CC(C)COC1CCN(C(=O)C(C)C(C)N)CC1. The molecular weight excluding hydrogens is 228 g/mol. The van der Waals surface area contributed by atoms with Gasteiger partial charge in [-0.15, -0.1) is 0 Å². The fourth-order valence-corrected chi connectivity index (χ4v) is 2.08. The number of hydrogen-bond acceptors (Lipinski definition) is 3. The molecule has 0 aromatic rings. The number of nitrogens with zero attached hydrogens (tertiary/aromatic N) is 1. The Bertz CT molecular complexity index is 259. The van der Waals surface area contributed by atoms with E-state index in [0.717, 1.165) is 32.5 Å². The Labute approximate surface area is 111 Å². The first-order chi connectivity index (χ1) is 8.41. The van der Waals surface area contributed by atoms with Crippen LogP contribution >= 0.6 is 0 Å². The van der Waals surface area contributed by atoms with E-state index in [1.54, 1.807) is 0 Å². The smallest absolute Gasteiger partial charge is 0.226 e. The Morgan fingerprint density at radius 2 is 1.83 bits per heavy atom. The molecule has 18 heavy (non-hydrogen) atoms. The van der Waals surface area contributed by atoms with Crippen molar-refractivity contribution in [3.8, 4) is 0 Å². The third-order valence-corrected chi connectivity index (χ3v) is 3.60. The summed E-state index contributed by atoms with van der Waals surface area (Å²) >= 11 is 0. The van der Waals surface area contributed by atoms with E-state index >= 15 is 0 Å². The van der Waals surface area contributed by atoms with Gasteiger partial charge in [-0.3, -0.25) is 4.79 Å². The van der Waals surface area contributed by atoms with Crippen LogP contribution in [0.5, 0.6) is 0 Å². The van der Waals surface area contributed by atoms with Crippen LogP contribution in [0.2, 0.25) is 0 Å². The van der Waals surface area contributed by atoms with Crippen molar-refractivity contribution in [1.29, 1.82) is 0 Å². The molecule has 1 saturated heterocycles. The molecule has 2 unspecified atom stereocenters. The summed E-state index contributed by atoms with van der Waals surface area (Å²) in [4.78, 5) is 14.1. The second kappa shape index (κ2) is 7.10. The van der Waals surface area contributed by atoms with Gasteiger partial charge in [0.25, 0.3) is 0 Å². The molecule has 0 bridgehead atoms. The van der Waals surface area contributed by atoms with Crippen molar-refractivity contribution in [1.82, 2.24) is 4.90 Å². The molecule has 1 aliphatic heterocycles. The highest BCUT2D eigenvalue weighted by Crippen LogP contribution is 2.17. The molecule has 1 aliphatic rings. The molecule has 0 spiro atoms. The zero-order valence-electron chi connectivity index (χ0n) is 12.2. The Morgan fingerprint density at radius 1 is 1.28 bits per heavy atom. The topological polar surface area (TPSA) is 55.6 Å². The van der Waals surface area contributed by atoms with Crippen LogP contribution in [-0.4, -0.2) is 42.6 Å². The largest absolute Gasteiger partial charge is 0.378 e. The second-order valence-electron chi connectivity index (χ2n) is 5.90. The van der Waals surface area contributed by atoms with Gasteiger partial charge in [0.2, 0.25) is 5.91 Å². The lowest BCUT2D eigenvalue weighted by molar-refractivity contribution is -0.138. The highest BCUT2D eigenvalue weighted by Gasteiger charge is 2.27. The maximum atomic E-state index is 12.1. The molecule has 2 atom stereocenters. The molecule has 2 N–H and O–H groups in total. The van der Waals surface area contributed by atoms with E-state index in [9.17, 15) is 4.79 Å². The van der Waals surface area contributed by atoms with Gasteiger partial charge >= 0.3 is 0 Å². The van der Waals surface area contributed by atoms with Gasteiger partial charge in [-0.25, -0.2) is 0 Å². The predicted molar refractivity (Wildman–Crippen MR) is 73.2 cm³/mol. The average Bonchev–Trinajstić information content (AvgIpc) is 2.35. The molecule has 4 nitrogen and oxygen atoms in total. The van der Waals surface area contributed by atoms with E-state index in [1.165, 1.54) is 0 Å². The molecule has 1 heterocycles. The van der Waals surface area contributed by atoms with E-state index in [-0.39, 0.29) is 17.9 Å². The molecule has 1 amide bonds. The number of nitrogens with two attached hydrogens (primary N) is 1. The van der Waals surface area contributed by atoms with E-state index in [2.05, 4.69) is 13.8 Å². The van der Waals surface area contributed by atoms with Crippen molar-refractivity contribution in [2.24, 2.45) is 17.6 Å². The van der Waals surface area contributed by atoms with Gasteiger partial charge in [0.05, 0.1) is 12.0 Å². The first-order valence-electron chi connectivity index (χ1n) is 7.07. The van der Waals surface area contributed by atoms with Crippen molar-refractivity contribution < 1.29 is 9.53 Å². The van der Waals surface area contributed by atoms with Crippen LogP contribution in [0.3, 0.4) is 0 Å². The van der Waals surface area contributed by atoms with Gasteiger partial charge in [-0.1, -0.05) is 20.8 Å². The first-order valence-corrected chi connectivity index (χ1v) is 7.07. The standard InChI is InChI=1S/C14H28N2O2/c1-10(2)9-18-13-5-7-16(8-6-13)14(17)11(3)12(4)15/h10-13H,5-9,15H2,1-4H3. The number of likely N-dealkylation sites (tertiary alicyclic amines) is 1. The Morgan fingerprint density at radius 3 is 2.28 bits per heavy atom. The molecule has 0 aromatic heterocycles. The number of rotatable bonds is 5. The number of carbonyl (C=O) groups is 1. The van der Waals surface area contributed by atoms with E-state index in [1.807, 2.05) is 18.7 Å². The van der Waals surface area contributed by atoms with Crippen molar-refractivity contribution in [3.63, 3.8) is 0 Å². The van der Waals surface area contributed by atoms with Crippen molar-refractivity contribution >= 4 is 5.91 Å². The lowest BCUT2D eigenvalue weighted by Gasteiger charge is -2.34. The highest BCUT2D eigenvalue weighted by atomic mass is 16.5. The van der Waals surface area contributed by atoms with Gasteiger partial charge in [0.1, 0.15) is 0 Å². The average molecular weight is 256 g/mol. The van der Waals surface area contributed by atoms with Crippen molar-refractivity contribution in [2.45, 2.75) is 52.7 Å². The minimum atomic E-state index is -0.0851. The molecular formula is C14H28N2O2. The molecule has 0 radical (unpaired) electrons. The molecule has 106 valence electrons. The lowest BCUT2D eigenvalue weighted by Crippen LogP contribution is -2.46. The summed E-state index contributed by atoms with van der Waals surface area (Å²) < 4.78 is 5.82. The van der Waals surface area contributed by atoms with Crippen LogP contribution in [0.1, 0.15) is 40.5 Å². The normalized spacial score (nSPS) is 21.1.